The number of ether oxygens (including phenoxy) is 1. The Balaban J connectivity index is 2.41. The Morgan fingerprint density at radius 3 is 3.00 bits per heavy atom. The second-order valence-electron chi connectivity index (χ2n) is 3.74. The van der Waals surface area contributed by atoms with E-state index in [1.165, 1.54) is 0 Å². The second-order valence-corrected chi connectivity index (χ2v) is 3.74. The highest BCUT2D eigenvalue weighted by Gasteiger charge is 2.15. The van der Waals surface area contributed by atoms with Gasteiger partial charge in [0.1, 0.15) is 6.04 Å². The van der Waals surface area contributed by atoms with E-state index in [9.17, 15) is 4.79 Å². The first-order chi connectivity index (χ1) is 7.13. The minimum absolute atomic E-state index is 0.394. The molecule has 4 nitrogen and oxygen atoms in total. The molecule has 0 amide bonds. The Bertz CT molecular complexity index is 284. The summed E-state index contributed by atoms with van der Waals surface area (Å²) in [6.45, 7) is 0.700. The van der Waals surface area contributed by atoms with Crippen molar-refractivity contribution in [2.24, 2.45) is 11.7 Å². The molecule has 84 valence electrons. The van der Waals surface area contributed by atoms with Crippen LogP contribution in [0.5, 0.6) is 0 Å². The van der Waals surface area contributed by atoms with Crippen molar-refractivity contribution in [3.05, 3.63) is 23.8 Å². The maximum absolute atomic E-state index is 10.5. The van der Waals surface area contributed by atoms with Crippen molar-refractivity contribution in [1.82, 2.24) is 0 Å². The van der Waals surface area contributed by atoms with Crippen molar-refractivity contribution in [2.75, 3.05) is 13.7 Å². The third kappa shape index (κ3) is 3.85. The lowest BCUT2D eigenvalue weighted by molar-refractivity contribution is -0.138. The third-order valence-electron chi connectivity index (χ3n) is 2.42. The Morgan fingerprint density at radius 2 is 2.53 bits per heavy atom. The molecule has 0 bridgehead atoms. The average Bonchev–Trinajstić information content (AvgIpc) is 2.21. The van der Waals surface area contributed by atoms with Crippen LogP contribution in [0.25, 0.3) is 0 Å². The Kier molecular flexibility index (Phi) is 4.52. The highest BCUT2D eigenvalue weighted by atomic mass is 16.5. The van der Waals surface area contributed by atoms with Crippen LogP contribution < -0.4 is 5.73 Å². The fraction of sp³-hybridized carbons (Fsp3) is 0.545. The van der Waals surface area contributed by atoms with Gasteiger partial charge < -0.3 is 15.6 Å². The van der Waals surface area contributed by atoms with Gasteiger partial charge in [-0.15, -0.1) is 0 Å². The van der Waals surface area contributed by atoms with Crippen LogP contribution in [0, 0.1) is 5.92 Å². The third-order valence-corrected chi connectivity index (χ3v) is 2.42. The van der Waals surface area contributed by atoms with Gasteiger partial charge in [-0.3, -0.25) is 4.79 Å². The molecule has 0 aromatic rings. The van der Waals surface area contributed by atoms with E-state index in [0.29, 0.717) is 18.9 Å². The fourth-order valence-electron chi connectivity index (χ4n) is 1.54. The van der Waals surface area contributed by atoms with E-state index < -0.39 is 12.0 Å². The lowest BCUT2D eigenvalue weighted by Gasteiger charge is -2.16. The van der Waals surface area contributed by atoms with Gasteiger partial charge in [0.25, 0.3) is 0 Å². The van der Waals surface area contributed by atoms with E-state index in [1.807, 2.05) is 18.2 Å². The van der Waals surface area contributed by atoms with Crippen molar-refractivity contribution in [3.63, 3.8) is 0 Å². The lowest BCUT2D eigenvalue weighted by atomic mass is 9.94. The number of aliphatic carboxylic acids is 1. The Morgan fingerprint density at radius 1 is 1.80 bits per heavy atom. The Hall–Kier alpha value is -1.13. The number of rotatable bonds is 5. The van der Waals surface area contributed by atoms with Gasteiger partial charge in [-0.2, -0.15) is 0 Å². The van der Waals surface area contributed by atoms with Crippen LogP contribution in [-0.4, -0.2) is 30.8 Å². The molecule has 0 aromatic carbocycles. The maximum atomic E-state index is 10.5. The van der Waals surface area contributed by atoms with Crippen LogP contribution in [0.3, 0.4) is 0 Å². The topological polar surface area (TPSA) is 72.5 Å². The predicted octanol–water partition coefficient (Wildman–Crippen LogP) is 0.937. The summed E-state index contributed by atoms with van der Waals surface area (Å²) < 4.78 is 5.04. The quantitative estimate of drug-likeness (QED) is 0.709. The zero-order chi connectivity index (χ0) is 11.3. The van der Waals surface area contributed by atoms with Crippen molar-refractivity contribution in [1.29, 1.82) is 0 Å². The van der Waals surface area contributed by atoms with Gasteiger partial charge in [-0.05, 0) is 12.8 Å². The highest BCUT2D eigenvalue weighted by Crippen LogP contribution is 2.19. The normalized spacial score (nSPS) is 22.3. The molecule has 1 rings (SSSR count). The van der Waals surface area contributed by atoms with Crippen LogP contribution in [0.2, 0.25) is 0 Å². The number of carboxylic acid groups (broad SMARTS) is 1. The molecule has 4 heteroatoms. The summed E-state index contributed by atoms with van der Waals surface area (Å²) in [5, 5.41) is 8.65. The van der Waals surface area contributed by atoms with Gasteiger partial charge >= 0.3 is 5.97 Å². The number of allylic oxidation sites excluding steroid dienone is 2. The standard InChI is InChI=1S/C11H17NO3/c1-15-7-9-4-2-8(3-5-9)6-10(12)11(13)14/h2-4,9-10H,5-7,12H2,1H3,(H,13,14). The second kappa shape index (κ2) is 5.68. The number of nitrogens with two attached hydrogens (primary N) is 1. The van der Waals surface area contributed by atoms with E-state index in [0.717, 1.165) is 12.0 Å². The molecule has 0 heterocycles. The first-order valence-electron chi connectivity index (χ1n) is 4.98. The maximum Gasteiger partial charge on any atom is 0.320 e. The van der Waals surface area contributed by atoms with E-state index in [2.05, 4.69) is 0 Å². The summed E-state index contributed by atoms with van der Waals surface area (Å²) in [7, 11) is 1.67. The average molecular weight is 211 g/mol. The van der Waals surface area contributed by atoms with Crippen LogP contribution in [0.1, 0.15) is 12.8 Å². The number of carbonyl (C=O) groups is 1. The molecule has 15 heavy (non-hydrogen) atoms. The molecular weight excluding hydrogens is 194 g/mol. The first kappa shape index (κ1) is 11.9. The summed E-state index contributed by atoms with van der Waals surface area (Å²) >= 11 is 0. The first-order valence-corrected chi connectivity index (χ1v) is 4.98. The van der Waals surface area contributed by atoms with Gasteiger partial charge in [-0.25, -0.2) is 0 Å². The minimum Gasteiger partial charge on any atom is -0.480 e. The monoisotopic (exact) mass is 211 g/mol. The molecule has 2 atom stereocenters. The van der Waals surface area contributed by atoms with Gasteiger partial charge in [0.05, 0.1) is 6.61 Å². The van der Waals surface area contributed by atoms with Crippen molar-refractivity contribution in [2.45, 2.75) is 18.9 Å². The summed E-state index contributed by atoms with van der Waals surface area (Å²) in [5.41, 5.74) is 6.44. The van der Waals surface area contributed by atoms with Crippen LogP contribution >= 0.6 is 0 Å². The van der Waals surface area contributed by atoms with Gasteiger partial charge in [0.2, 0.25) is 0 Å². The summed E-state index contributed by atoms with van der Waals surface area (Å²) in [6.07, 6.45) is 7.31. The van der Waals surface area contributed by atoms with E-state index in [-0.39, 0.29) is 0 Å². The number of methoxy groups -OCH3 is 1. The van der Waals surface area contributed by atoms with Crippen molar-refractivity contribution in [3.8, 4) is 0 Å². The Labute approximate surface area is 89.4 Å². The van der Waals surface area contributed by atoms with E-state index in [1.54, 1.807) is 7.11 Å². The van der Waals surface area contributed by atoms with Crippen LogP contribution in [-0.2, 0) is 9.53 Å². The molecule has 1 aliphatic carbocycles. The van der Waals surface area contributed by atoms with E-state index in [4.69, 9.17) is 15.6 Å². The summed E-state index contributed by atoms with van der Waals surface area (Å²) in [5.74, 6) is -0.553. The number of hydrogen-bond acceptors (Lipinski definition) is 3. The van der Waals surface area contributed by atoms with Crippen molar-refractivity contribution < 1.29 is 14.6 Å². The van der Waals surface area contributed by atoms with Gasteiger partial charge in [-0.1, -0.05) is 23.8 Å². The smallest absolute Gasteiger partial charge is 0.320 e. The molecule has 0 spiro atoms. The zero-order valence-electron chi connectivity index (χ0n) is 8.85. The fourth-order valence-corrected chi connectivity index (χ4v) is 1.54. The highest BCUT2D eigenvalue weighted by molar-refractivity contribution is 5.73. The molecule has 2 unspecified atom stereocenters. The van der Waals surface area contributed by atoms with Gasteiger partial charge in [0, 0.05) is 13.0 Å². The molecule has 0 radical (unpaired) electrons. The van der Waals surface area contributed by atoms with Crippen molar-refractivity contribution >= 4 is 5.97 Å². The molecule has 1 aliphatic rings. The number of hydrogen-bond donors (Lipinski definition) is 2. The summed E-state index contributed by atoms with van der Waals surface area (Å²) in [4.78, 5) is 10.5. The molecule has 0 aliphatic heterocycles. The molecule has 0 saturated heterocycles. The zero-order valence-corrected chi connectivity index (χ0v) is 8.85. The SMILES string of the molecule is COCC1C=CC(CC(N)C(=O)O)=CC1. The number of carboxylic acids is 1. The molecular formula is C11H17NO3. The molecule has 0 fully saturated rings. The lowest BCUT2D eigenvalue weighted by Crippen LogP contribution is -2.30. The molecule has 0 saturated carbocycles. The minimum atomic E-state index is -0.955. The van der Waals surface area contributed by atoms with Gasteiger partial charge in [0.15, 0.2) is 0 Å². The van der Waals surface area contributed by atoms with Crippen LogP contribution in [0.4, 0.5) is 0 Å². The van der Waals surface area contributed by atoms with E-state index >= 15 is 0 Å². The molecule has 3 N–H and O–H groups in total. The van der Waals surface area contributed by atoms with Crippen LogP contribution in [0.15, 0.2) is 23.8 Å². The largest absolute Gasteiger partial charge is 0.480 e. The predicted molar refractivity (Wildman–Crippen MR) is 57.4 cm³/mol. The summed E-state index contributed by atoms with van der Waals surface area (Å²) in [6, 6.07) is -0.806. The molecule has 0 aromatic heterocycles.